The van der Waals surface area contributed by atoms with E-state index >= 15 is 0 Å². The molecule has 29 heavy (non-hydrogen) atoms. The molecule has 0 radical (unpaired) electrons. The molecule has 0 saturated heterocycles. The third-order valence-electron chi connectivity index (χ3n) is 4.29. The van der Waals surface area contributed by atoms with Crippen molar-refractivity contribution in [2.24, 2.45) is 5.41 Å². The van der Waals surface area contributed by atoms with E-state index < -0.39 is 5.41 Å². The Morgan fingerprint density at radius 2 is 1.83 bits per heavy atom. The maximum Gasteiger partial charge on any atom is 0.234 e. The lowest BCUT2D eigenvalue weighted by molar-refractivity contribution is -0.123. The molecule has 1 aromatic heterocycles. The molecule has 7 heteroatoms. The molecule has 2 N–H and O–H groups in total. The molecule has 0 fully saturated rings. The van der Waals surface area contributed by atoms with Gasteiger partial charge in [-0.25, -0.2) is 4.98 Å². The van der Waals surface area contributed by atoms with E-state index in [2.05, 4.69) is 15.6 Å². The summed E-state index contributed by atoms with van der Waals surface area (Å²) in [7, 11) is 0. The highest BCUT2D eigenvalue weighted by Gasteiger charge is 2.21. The number of hydrogen-bond acceptors (Lipinski definition) is 5. The first-order chi connectivity index (χ1) is 13.6. The van der Waals surface area contributed by atoms with Gasteiger partial charge in [0, 0.05) is 16.8 Å². The third-order valence-corrected chi connectivity index (χ3v) is 6.45. The van der Waals surface area contributed by atoms with Gasteiger partial charge in [0.1, 0.15) is 0 Å². The van der Waals surface area contributed by atoms with E-state index in [0.29, 0.717) is 5.75 Å². The molecular formula is C22H25N3O2S2. The van der Waals surface area contributed by atoms with Crippen LogP contribution in [0.25, 0.3) is 10.2 Å². The first-order valence-corrected chi connectivity index (χ1v) is 11.1. The minimum absolute atomic E-state index is 0.0287. The second-order valence-electron chi connectivity index (χ2n) is 8.02. The van der Waals surface area contributed by atoms with Crippen LogP contribution < -0.4 is 10.6 Å². The van der Waals surface area contributed by atoms with Crippen molar-refractivity contribution in [3.63, 3.8) is 0 Å². The Bertz CT molecular complexity index is 1070. The average molecular weight is 428 g/mol. The summed E-state index contributed by atoms with van der Waals surface area (Å²) in [6, 6.07) is 11.6. The molecule has 0 spiro atoms. The minimum atomic E-state index is -0.452. The largest absolute Gasteiger partial charge is 0.326 e. The molecule has 0 bridgehead atoms. The molecule has 5 nitrogen and oxygen atoms in total. The highest BCUT2D eigenvalue weighted by molar-refractivity contribution is 8.01. The summed E-state index contributed by atoms with van der Waals surface area (Å²) in [4.78, 5) is 29.1. The number of carbonyl (C=O) groups is 2. The molecule has 0 unspecified atom stereocenters. The van der Waals surface area contributed by atoms with Crippen LogP contribution in [0.2, 0.25) is 0 Å². The third kappa shape index (κ3) is 5.58. The number of hydrogen-bond donors (Lipinski definition) is 2. The van der Waals surface area contributed by atoms with Gasteiger partial charge in [-0.1, -0.05) is 50.2 Å². The smallest absolute Gasteiger partial charge is 0.234 e. The van der Waals surface area contributed by atoms with Gasteiger partial charge in [-0.3, -0.25) is 9.59 Å². The number of nitrogens with zero attached hydrogens (tertiary/aromatic N) is 1. The second-order valence-corrected chi connectivity index (χ2v) is 10.3. The number of rotatable bonds is 5. The molecule has 1 heterocycles. The van der Waals surface area contributed by atoms with E-state index in [1.807, 2.05) is 71.0 Å². The summed E-state index contributed by atoms with van der Waals surface area (Å²) in [5, 5.41) is 5.89. The van der Waals surface area contributed by atoms with Crippen LogP contribution in [0.4, 0.5) is 11.4 Å². The van der Waals surface area contributed by atoms with Crippen LogP contribution in [0.3, 0.4) is 0 Å². The SMILES string of the molecule is Cc1ccc(NC(=O)CSc2nc3ccc(NC(=O)C(C)(C)C)cc3s2)c(C)c1. The van der Waals surface area contributed by atoms with Crippen molar-refractivity contribution in [2.45, 2.75) is 39.0 Å². The standard InChI is InChI=1S/C22H25N3O2S2/c1-13-6-8-16(14(2)10-13)24-19(26)12-28-21-25-17-9-7-15(11-18(17)29-21)23-20(27)22(3,4)5/h6-11H,12H2,1-5H3,(H,23,27)(H,24,26). The highest BCUT2D eigenvalue weighted by Crippen LogP contribution is 2.32. The van der Waals surface area contributed by atoms with Gasteiger partial charge >= 0.3 is 0 Å². The molecule has 0 aliphatic rings. The first kappa shape index (κ1) is 21.3. The van der Waals surface area contributed by atoms with Crippen LogP contribution in [0, 0.1) is 19.3 Å². The van der Waals surface area contributed by atoms with E-state index in [1.165, 1.54) is 28.7 Å². The fourth-order valence-electron chi connectivity index (χ4n) is 2.63. The molecule has 3 aromatic rings. The molecule has 2 aromatic carbocycles. The monoisotopic (exact) mass is 427 g/mol. The van der Waals surface area contributed by atoms with Crippen LogP contribution in [-0.2, 0) is 9.59 Å². The van der Waals surface area contributed by atoms with Crippen molar-refractivity contribution in [2.75, 3.05) is 16.4 Å². The predicted octanol–water partition coefficient (Wildman–Crippen LogP) is 5.63. The van der Waals surface area contributed by atoms with Gasteiger partial charge < -0.3 is 10.6 Å². The van der Waals surface area contributed by atoms with Crippen molar-refractivity contribution in [3.8, 4) is 0 Å². The molecular weight excluding hydrogens is 402 g/mol. The Hall–Kier alpha value is -2.38. The van der Waals surface area contributed by atoms with Gasteiger partial charge in [0.15, 0.2) is 4.34 Å². The maximum absolute atomic E-state index is 12.3. The number of amides is 2. The number of benzene rings is 2. The number of aromatic nitrogens is 1. The Morgan fingerprint density at radius 3 is 2.52 bits per heavy atom. The van der Waals surface area contributed by atoms with Crippen molar-refractivity contribution < 1.29 is 9.59 Å². The van der Waals surface area contributed by atoms with Gasteiger partial charge in [-0.05, 0) is 43.7 Å². The van der Waals surface area contributed by atoms with Gasteiger partial charge in [-0.2, -0.15) is 0 Å². The second kappa shape index (κ2) is 8.55. The number of aryl methyl sites for hydroxylation is 2. The minimum Gasteiger partial charge on any atom is -0.326 e. The molecule has 2 amide bonds. The van der Waals surface area contributed by atoms with Crippen molar-refractivity contribution >= 4 is 56.5 Å². The topological polar surface area (TPSA) is 71.1 Å². The summed E-state index contributed by atoms with van der Waals surface area (Å²) in [5.74, 6) is 0.208. The quantitative estimate of drug-likeness (QED) is 0.518. The van der Waals surface area contributed by atoms with Gasteiger partial charge in [0.05, 0.1) is 16.0 Å². The summed E-state index contributed by atoms with van der Waals surface area (Å²) in [6.07, 6.45) is 0. The lowest BCUT2D eigenvalue weighted by Crippen LogP contribution is -2.27. The Balaban J connectivity index is 1.63. The molecule has 0 atom stereocenters. The van der Waals surface area contributed by atoms with Crippen molar-refractivity contribution in [1.82, 2.24) is 4.98 Å². The van der Waals surface area contributed by atoms with E-state index in [9.17, 15) is 9.59 Å². The van der Waals surface area contributed by atoms with E-state index in [-0.39, 0.29) is 11.8 Å². The first-order valence-electron chi connectivity index (χ1n) is 9.34. The van der Waals surface area contributed by atoms with E-state index in [1.54, 1.807) is 0 Å². The van der Waals surface area contributed by atoms with Crippen LogP contribution in [0.1, 0.15) is 31.9 Å². The highest BCUT2D eigenvalue weighted by atomic mass is 32.2. The molecule has 3 rings (SSSR count). The molecule has 0 saturated carbocycles. The van der Waals surface area contributed by atoms with Gasteiger partial charge in [0.2, 0.25) is 11.8 Å². The maximum atomic E-state index is 12.3. The summed E-state index contributed by atoms with van der Waals surface area (Å²) >= 11 is 2.93. The average Bonchev–Trinajstić information content (AvgIpc) is 3.04. The molecule has 0 aliphatic carbocycles. The normalized spacial score (nSPS) is 11.5. The van der Waals surface area contributed by atoms with Crippen molar-refractivity contribution in [1.29, 1.82) is 0 Å². The lowest BCUT2D eigenvalue weighted by Gasteiger charge is -2.17. The number of carbonyl (C=O) groups excluding carboxylic acids is 2. The number of thioether (sulfide) groups is 1. The Morgan fingerprint density at radius 1 is 1.07 bits per heavy atom. The fourth-order valence-corrected chi connectivity index (χ4v) is 4.54. The molecule has 0 aliphatic heterocycles. The zero-order valence-corrected chi connectivity index (χ0v) is 18.9. The summed E-state index contributed by atoms with van der Waals surface area (Å²) in [6.45, 7) is 9.66. The number of nitrogens with one attached hydrogen (secondary N) is 2. The molecule has 152 valence electrons. The zero-order chi connectivity index (χ0) is 21.2. The zero-order valence-electron chi connectivity index (χ0n) is 17.3. The van der Waals surface area contributed by atoms with Crippen LogP contribution >= 0.6 is 23.1 Å². The van der Waals surface area contributed by atoms with E-state index in [4.69, 9.17) is 0 Å². The Kier molecular flexibility index (Phi) is 6.29. The number of anilines is 2. The van der Waals surface area contributed by atoms with Crippen LogP contribution in [0.5, 0.6) is 0 Å². The van der Waals surface area contributed by atoms with Gasteiger partial charge in [-0.15, -0.1) is 11.3 Å². The van der Waals surface area contributed by atoms with Crippen LogP contribution in [-0.4, -0.2) is 22.6 Å². The number of thiazole rings is 1. The summed E-state index contributed by atoms with van der Waals surface area (Å²) < 4.78 is 1.81. The fraction of sp³-hybridized carbons (Fsp3) is 0.318. The van der Waals surface area contributed by atoms with Crippen LogP contribution in [0.15, 0.2) is 40.7 Å². The number of fused-ring (bicyclic) bond motifs is 1. The Labute approximate surface area is 179 Å². The van der Waals surface area contributed by atoms with E-state index in [0.717, 1.165) is 31.5 Å². The lowest BCUT2D eigenvalue weighted by atomic mass is 9.95. The summed E-state index contributed by atoms with van der Waals surface area (Å²) in [5.41, 5.74) is 4.22. The van der Waals surface area contributed by atoms with Crippen molar-refractivity contribution in [3.05, 3.63) is 47.5 Å². The van der Waals surface area contributed by atoms with Gasteiger partial charge in [0.25, 0.3) is 0 Å². The predicted molar refractivity (Wildman–Crippen MR) is 123 cm³/mol.